The number of benzene rings is 1. The number of amides is 4. The summed E-state index contributed by atoms with van der Waals surface area (Å²) >= 11 is 0. The quantitative estimate of drug-likeness (QED) is 0.316. The van der Waals surface area contributed by atoms with Gasteiger partial charge in [-0.25, -0.2) is 18.2 Å². The maximum absolute atomic E-state index is 14.5. The number of allylic oxidation sites excluding steroid dienone is 1. The van der Waals surface area contributed by atoms with Crippen LogP contribution in [-0.2, 0) is 30.8 Å². The van der Waals surface area contributed by atoms with Gasteiger partial charge >= 0.3 is 6.09 Å². The van der Waals surface area contributed by atoms with E-state index in [1.165, 1.54) is 4.90 Å². The van der Waals surface area contributed by atoms with Crippen LogP contribution in [0.1, 0.15) is 101 Å². The Kier molecular flexibility index (Phi) is 8.65. The topological polar surface area (TPSA) is 193 Å². The van der Waals surface area contributed by atoms with Crippen LogP contribution in [0, 0.1) is 5.92 Å². The lowest BCUT2D eigenvalue weighted by Crippen LogP contribution is -2.58. The summed E-state index contributed by atoms with van der Waals surface area (Å²) in [5.41, 5.74) is 0.176. The Bertz CT molecular complexity index is 2030. The van der Waals surface area contributed by atoms with E-state index in [0.29, 0.717) is 50.0 Å². The Labute approximate surface area is 308 Å². The van der Waals surface area contributed by atoms with Gasteiger partial charge in [-0.1, -0.05) is 25.0 Å². The van der Waals surface area contributed by atoms with Crippen molar-refractivity contribution in [2.45, 2.75) is 124 Å². The molecule has 14 nitrogen and oxygen atoms in total. The molecule has 4 fully saturated rings. The van der Waals surface area contributed by atoms with E-state index < -0.39 is 67.7 Å². The van der Waals surface area contributed by atoms with Crippen molar-refractivity contribution >= 4 is 44.7 Å². The zero-order valence-corrected chi connectivity index (χ0v) is 30.9. The molecule has 0 unspecified atom stereocenters. The van der Waals surface area contributed by atoms with Gasteiger partial charge < -0.3 is 30.1 Å². The van der Waals surface area contributed by atoms with Crippen LogP contribution in [0.2, 0.25) is 0 Å². The largest absolute Gasteiger partial charge is 0.497 e. The molecule has 15 heteroatoms. The first-order chi connectivity index (χ1) is 25.3. The molecule has 0 bridgehead atoms. The number of nitrogens with one attached hydrogen (secondary N) is 3. The number of fused-ring (bicyclic) bond motifs is 5. The van der Waals surface area contributed by atoms with E-state index in [2.05, 4.69) is 15.4 Å². The SMILES string of the molecule is COc1ccc2c3c(c(C4CC4)nc2c1)O[C@]1(CC3)C[C@H]2C(=O)N[C@]3(C(=O)NS(=O)(=O)C4(C)CC4)C[C@H]3/C=C\CCCCC[C@H](NC(=O)O)C(=O)N2C1. The van der Waals surface area contributed by atoms with Gasteiger partial charge in [0.1, 0.15) is 34.7 Å². The van der Waals surface area contributed by atoms with E-state index in [-0.39, 0.29) is 31.7 Å². The number of pyridine rings is 1. The van der Waals surface area contributed by atoms with Crippen LogP contribution in [0.25, 0.3) is 10.9 Å². The molecule has 3 aliphatic heterocycles. The van der Waals surface area contributed by atoms with Crippen LogP contribution in [0.5, 0.6) is 11.5 Å². The second-order valence-corrected chi connectivity index (χ2v) is 18.4. The highest BCUT2D eigenvalue weighted by atomic mass is 32.2. The molecule has 2 aromatic rings. The van der Waals surface area contributed by atoms with Crippen molar-refractivity contribution in [3.05, 3.63) is 41.6 Å². The van der Waals surface area contributed by atoms with E-state index in [4.69, 9.17) is 14.5 Å². The Morgan fingerprint density at radius 3 is 2.60 bits per heavy atom. The number of aryl methyl sites for hydroxylation is 1. The molecular weight excluding hydrogens is 703 g/mol. The van der Waals surface area contributed by atoms with E-state index in [9.17, 15) is 32.7 Å². The zero-order valence-electron chi connectivity index (χ0n) is 30.1. The third-order valence-electron chi connectivity index (χ3n) is 12.3. The number of sulfonamides is 1. The number of ether oxygens (including phenoxy) is 2. The van der Waals surface area contributed by atoms with E-state index in [1.807, 2.05) is 30.4 Å². The van der Waals surface area contributed by atoms with E-state index in [0.717, 1.165) is 47.8 Å². The highest BCUT2D eigenvalue weighted by Gasteiger charge is 2.64. The maximum Gasteiger partial charge on any atom is 0.405 e. The lowest BCUT2D eigenvalue weighted by Gasteiger charge is -2.37. The average molecular weight is 750 g/mol. The summed E-state index contributed by atoms with van der Waals surface area (Å²) in [6.07, 6.45) is 9.72. The number of aromatic nitrogens is 1. The first kappa shape index (κ1) is 35.6. The van der Waals surface area contributed by atoms with Crippen molar-refractivity contribution in [2.24, 2.45) is 5.92 Å². The first-order valence-corrected chi connectivity index (χ1v) is 20.3. The monoisotopic (exact) mass is 749 g/mol. The molecule has 53 heavy (non-hydrogen) atoms. The summed E-state index contributed by atoms with van der Waals surface area (Å²) in [7, 11) is -2.37. The highest BCUT2D eigenvalue weighted by Crippen LogP contribution is 2.52. The first-order valence-electron chi connectivity index (χ1n) is 18.8. The van der Waals surface area contributed by atoms with Gasteiger partial charge in [-0.05, 0) is 83.3 Å². The van der Waals surface area contributed by atoms with Crippen LogP contribution in [0.15, 0.2) is 30.4 Å². The van der Waals surface area contributed by atoms with Gasteiger partial charge in [-0.15, -0.1) is 0 Å². The van der Waals surface area contributed by atoms with Crippen molar-refractivity contribution in [1.29, 1.82) is 0 Å². The fourth-order valence-corrected chi connectivity index (χ4v) is 9.76. The number of hydrogen-bond donors (Lipinski definition) is 4. The second-order valence-electron chi connectivity index (χ2n) is 16.2. The molecule has 3 aliphatic carbocycles. The van der Waals surface area contributed by atoms with Crippen molar-refractivity contribution < 1.29 is 42.2 Å². The minimum absolute atomic E-state index is 0.0289. The summed E-state index contributed by atoms with van der Waals surface area (Å²) in [6.45, 7) is 1.62. The van der Waals surface area contributed by atoms with Gasteiger partial charge in [0.15, 0.2) is 0 Å². The van der Waals surface area contributed by atoms with Crippen LogP contribution in [0.3, 0.4) is 0 Å². The van der Waals surface area contributed by atoms with E-state index >= 15 is 0 Å². The lowest BCUT2D eigenvalue weighted by molar-refractivity contribution is -0.141. The normalized spacial score (nSPS) is 31.4. The average Bonchev–Trinajstić information content (AvgIpc) is 4.05. The number of carbonyl (C=O) groups excluding carboxylic acids is 3. The molecule has 0 radical (unpaired) electrons. The number of rotatable bonds is 6. The van der Waals surface area contributed by atoms with Crippen molar-refractivity contribution in [3.63, 3.8) is 0 Å². The molecule has 8 rings (SSSR count). The fourth-order valence-electron chi connectivity index (χ4n) is 8.45. The Morgan fingerprint density at radius 1 is 1.09 bits per heavy atom. The minimum Gasteiger partial charge on any atom is -0.497 e. The second kappa shape index (κ2) is 12.9. The van der Waals surface area contributed by atoms with Crippen LogP contribution in [-0.4, -0.2) is 88.8 Å². The number of nitrogens with zero attached hydrogens (tertiary/aromatic N) is 2. The van der Waals surface area contributed by atoms with Gasteiger partial charge in [0, 0.05) is 35.3 Å². The summed E-state index contributed by atoms with van der Waals surface area (Å²) in [5, 5.41) is 16.0. The number of carbonyl (C=O) groups is 4. The summed E-state index contributed by atoms with van der Waals surface area (Å²) in [6, 6.07) is 3.58. The van der Waals surface area contributed by atoms with Crippen LogP contribution in [0.4, 0.5) is 4.79 Å². The molecular formula is C38H47N5O9S. The Morgan fingerprint density at radius 2 is 1.89 bits per heavy atom. The molecule has 4 heterocycles. The van der Waals surface area contributed by atoms with Gasteiger partial charge in [0.25, 0.3) is 5.91 Å². The zero-order chi connectivity index (χ0) is 37.3. The van der Waals surface area contributed by atoms with Crippen LogP contribution >= 0.6 is 0 Å². The molecule has 6 aliphatic rings. The molecule has 4 N–H and O–H groups in total. The molecule has 5 atom stereocenters. The maximum atomic E-state index is 14.5. The van der Waals surface area contributed by atoms with Crippen molar-refractivity contribution in [1.82, 2.24) is 25.2 Å². The molecule has 1 spiro atoms. The molecule has 4 amide bonds. The van der Waals surface area contributed by atoms with Crippen LogP contribution < -0.4 is 24.8 Å². The molecule has 3 saturated carbocycles. The van der Waals surface area contributed by atoms with Gasteiger partial charge in [-0.2, -0.15) is 0 Å². The Balaban J connectivity index is 1.15. The number of methoxy groups -OCH3 is 1. The number of carboxylic acid groups (broad SMARTS) is 1. The predicted octanol–water partition coefficient (Wildman–Crippen LogP) is 3.82. The van der Waals surface area contributed by atoms with Gasteiger partial charge in [-0.3, -0.25) is 19.1 Å². The molecule has 1 aromatic carbocycles. The molecule has 1 saturated heterocycles. The summed E-state index contributed by atoms with van der Waals surface area (Å²) in [5.74, 6) is -0.767. The molecule has 284 valence electrons. The predicted molar refractivity (Wildman–Crippen MR) is 193 cm³/mol. The third-order valence-corrected chi connectivity index (χ3v) is 14.5. The van der Waals surface area contributed by atoms with Gasteiger partial charge in [0.2, 0.25) is 21.8 Å². The van der Waals surface area contributed by atoms with Crippen molar-refractivity contribution in [3.8, 4) is 11.5 Å². The fraction of sp³-hybridized carbons (Fsp3) is 0.605. The molecule has 1 aromatic heterocycles. The summed E-state index contributed by atoms with van der Waals surface area (Å²) < 4.78 is 40.0. The summed E-state index contributed by atoms with van der Waals surface area (Å²) in [4.78, 5) is 61.2. The smallest absolute Gasteiger partial charge is 0.405 e. The standard InChI is InChI=1S/C38H47N5O9S/c1-36(16-17-36)53(49,50)42-34(46)38-19-23(38)8-6-4-3-5-7-9-27(40-35(47)48)33(45)43-21-37(20-29(43)32(44)41-38)15-14-26-25-13-12-24(51-2)18-28(25)39-30(22-10-11-22)31(26)52-37/h6,8,12-13,18,22-23,27,29,40H,3-5,7,9-11,14-17,19-21H2,1-2H3,(H,41,44)(H,42,46)(H,47,48)/b8-6-/t23-,27+,29+,37-,38-/m1/s1. The highest BCUT2D eigenvalue weighted by molar-refractivity contribution is 7.91. The third kappa shape index (κ3) is 6.48. The Hall–Kier alpha value is -4.40. The minimum atomic E-state index is -3.99. The van der Waals surface area contributed by atoms with E-state index in [1.54, 1.807) is 14.0 Å². The lowest BCUT2D eigenvalue weighted by atomic mass is 9.86. The van der Waals surface area contributed by atoms with Gasteiger partial charge in [0.05, 0.1) is 29.6 Å². The number of hydrogen-bond acceptors (Lipinski definition) is 9. The van der Waals surface area contributed by atoms with Crippen molar-refractivity contribution in [2.75, 3.05) is 13.7 Å².